The van der Waals surface area contributed by atoms with Crippen LogP contribution in [0.5, 0.6) is 0 Å². The highest BCUT2D eigenvalue weighted by Gasteiger charge is 2.28. The van der Waals surface area contributed by atoms with Gasteiger partial charge < -0.3 is 10.2 Å². The number of carbonyl (C=O) groups excluding carboxylic acids is 2. The Bertz CT molecular complexity index is 839. The molecule has 0 spiro atoms. The topological polar surface area (TPSA) is 49.4 Å². The zero-order chi connectivity index (χ0) is 22.1. The molecular formula is C23H28Cl2N2O2S. The minimum atomic E-state index is -0.511. The second-order valence-corrected chi connectivity index (χ2v) is 8.82. The van der Waals surface area contributed by atoms with E-state index >= 15 is 0 Å². The van der Waals surface area contributed by atoms with E-state index in [4.69, 9.17) is 23.2 Å². The summed E-state index contributed by atoms with van der Waals surface area (Å²) in [4.78, 5) is 27.4. The number of halogens is 2. The van der Waals surface area contributed by atoms with Crippen molar-refractivity contribution in [2.24, 2.45) is 0 Å². The number of carbonyl (C=O) groups is 2. The number of hydrogen-bond donors (Lipinski definition) is 1. The third-order valence-electron chi connectivity index (χ3n) is 4.74. The summed E-state index contributed by atoms with van der Waals surface area (Å²) in [5.41, 5.74) is 2.97. The lowest BCUT2D eigenvalue weighted by Crippen LogP contribution is -2.49. The second kappa shape index (κ2) is 12.2. The average Bonchev–Trinajstić information content (AvgIpc) is 2.71. The molecule has 0 saturated carbocycles. The number of likely N-dealkylation sites (N-methyl/N-ethyl adjacent to an activating group) is 1. The van der Waals surface area contributed by atoms with Gasteiger partial charge in [0.1, 0.15) is 6.04 Å². The van der Waals surface area contributed by atoms with Gasteiger partial charge in [0.25, 0.3) is 0 Å². The maximum atomic E-state index is 13.1. The van der Waals surface area contributed by atoms with Crippen molar-refractivity contribution in [2.45, 2.75) is 45.5 Å². The van der Waals surface area contributed by atoms with Crippen molar-refractivity contribution in [2.75, 3.05) is 12.3 Å². The molecule has 0 bridgehead atoms. The molecule has 30 heavy (non-hydrogen) atoms. The molecule has 0 heterocycles. The molecule has 0 aliphatic carbocycles. The first-order valence-corrected chi connectivity index (χ1v) is 11.9. The Labute approximate surface area is 193 Å². The molecule has 2 aromatic rings. The lowest BCUT2D eigenvalue weighted by Gasteiger charge is -2.30. The molecule has 0 aliphatic heterocycles. The Hall–Kier alpha value is -1.69. The van der Waals surface area contributed by atoms with Crippen molar-refractivity contribution < 1.29 is 9.59 Å². The highest BCUT2D eigenvalue weighted by molar-refractivity contribution is 7.99. The maximum absolute atomic E-state index is 13.1. The monoisotopic (exact) mass is 466 g/mol. The van der Waals surface area contributed by atoms with E-state index < -0.39 is 6.04 Å². The minimum Gasteiger partial charge on any atom is -0.355 e. The van der Waals surface area contributed by atoms with E-state index in [2.05, 4.69) is 5.32 Å². The summed E-state index contributed by atoms with van der Waals surface area (Å²) in [6.07, 6.45) is 0.546. The molecule has 1 atom stereocenters. The van der Waals surface area contributed by atoms with Gasteiger partial charge in [-0.3, -0.25) is 9.59 Å². The number of nitrogens with zero attached hydrogens (tertiary/aromatic N) is 1. The van der Waals surface area contributed by atoms with Crippen LogP contribution in [-0.2, 0) is 21.9 Å². The van der Waals surface area contributed by atoms with Crippen LogP contribution in [0.15, 0.2) is 42.5 Å². The molecule has 0 aromatic heterocycles. The molecule has 1 N–H and O–H groups in total. The Balaban J connectivity index is 2.14. The van der Waals surface area contributed by atoms with Crippen LogP contribution in [0.2, 0.25) is 10.0 Å². The van der Waals surface area contributed by atoms with Gasteiger partial charge in [0.05, 0.1) is 5.75 Å². The van der Waals surface area contributed by atoms with E-state index in [1.807, 2.05) is 45.0 Å². The second-order valence-electron chi connectivity index (χ2n) is 7.02. The molecular weight excluding hydrogens is 439 g/mol. The zero-order valence-corrected chi connectivity index (χ0v) is 19.9. The predicted octanol–water partition coefficient (Wildman–Crippen LogP) is 5.48. The number of aryl methyl sites for hydroxylation is 1. The number of amides is 2. The van der Waals surface area contributed by atoms with Gasteiger partial charge in [-0.25, -0.2) is 0 Å². The summed E-state index contributed by atoms with van der Waals surface area (Å²) >= 11 is 13.9. The largest absolute Gasteiger partial charge is 0.355 e. The highest BCUT2D eigenvalue weighted by atomic mass is 35.5. The van der Waals surface area contributed by atoms with Crippen molar-refractivity contribution in [1.29, 1.82) is 0 Å². The van der Waals surface area contributed by atoms with E-state index in [-0.39, 0.29) is 17.6 Å². The molecule has 7 heteroatoms. The van der Waals surface area contributed by atoms with Crippen LogP contribution in [0.3, 0.4) is 0 Å². The minimum absolute atomic E-state index is 0.0816. The number of rotatable bonds is 10. The summed E-state index contributed by atoms with van der Waals surface area (Å²) in [6, 6.07) is 12.9. The third kappa shape index (κ3) is 6.93. The van der Waals surface area contributed by atoms with Crippen LogP contribution in [0.4, 0.5) is 0 Å². The quantitative estimate of drug-likeness (QED) is 0.504. The van der Waals surface area contributed by atoms with Crippen molar-refractivity contribution in [1.82, 2.24) is 10.2 Å². The number of thioether (sulfide) groups is 1. The first kappa shape index (κ1) is 24.6. The van der Waals surface area contributed by atoms with E-state index in [9.17, 15) is 9.59 Å². The molecule has 0 unspecified atom stereocenters. The summed E-state index contributed by atoms with van der Waals surface area (Å²) in [5, 5.41) is 4.03. The van der Waals surface area contributed by atoms with Gasteiger partial charge in [0.15, 0.2) is 0 Å². The zero-order valence-electron chi connectivity index (χ0n) is 17.6. The number of hydrogen-bond acceptors (Lipinski definition) is 3. The van der Waals surface area contributed by atoms with Crippen molar-refractivity contribution in [3.63, 3.8) is 0 Å². The number of benzene rings is 2. The first-order chi connectivity index (χ1) is 14.4. The van der Waals surface area contributed by atoms with E-state index in [1.165, 1.54) is 11.8 Å². The van der Waals surface area contributed by atoms with Crippen molar-refractivity contribution >= 4 is 46.8 Å². The van der Waals surface area contributed by atoms with Crippen LogP contribution >= 0.6 is 35.0 Å². The van der Waals surface area contributed by atoms with Crippen LogP contribution in [-0.4, -0.2) is 35.1 Å². The Morgan fingerprint density at radius 1 is 1.07 bits per heavy atom. The molecule has 4 nitrogen and oxygen atoms in total. The predicted molar refractivity (Wildman–Crippen MR) is 127 cm³/mol. The molecule has 2 rings (SSSR count). The van der Waals surface area contributed by atoms with Crippen LogP contribution < -0.4 is 5.32 Å². The standard InChI is InChI=1S/C23H28Cl2N2O2S/c1-4-21(23(29)26-5-2)27(13-17-11-9-16(3)10-12-17)22(28)15-30-14-18-19(24)7-6-8-20(18)25/h6-12,21H,4-5,13-15H2,1-3H3,(H,26,29)/t21-/m1/s1. The van der Waals surface area contributed by atoms with Crippen molar-refractivity contribution in [3.05, 3.63) is 69.2 Å². The maximum Gasteiger partial charge on any atom is 0.242 e. The van der Waals surface area contributed by atoms with Crippen LogP contribution in [0.1, 0.15) is 37.0 Å². The van der Waals surface area contributed by atoms with Gasteiger partial charge in [-0.1, -0.05) is 66.0 Å². The van der Waals surface area contributed by atoms with Crippen LogP contribution in [0.25, 0.3) is 0 Å². The summed E-state index contributed by atoms with van der Waals surface area (Å²) in [5.74, 6) is 0.561. The molecule has 0 radical (unpaired) electrons. The van der Waals surface area contributed by atoms with E-state index in [1.54, 1.807) is 23.1 Å². The molecule has 162 valence electrons. The molecule has 2 amide bonds. The Kier molecular flexibility index (Phi) is 10.0. The SMILES string of the molecule is CCNC(=O)[C@@H](CC)N(Cc1ccc(C)cc1)C(=O)CSCc1c(Cl)cccc1Cl. The Morgan fingerprint density at radius 2 is 1.70 bits per heavy atom. The number of nitrogens with one attached hydrogen (secondary N) is 1. The van der Waals surface area contributed by atoms with E-state index in [0.29, 0.717) is 35.3 Å². The molecule has 0 saturated heterocycles. The van der Waals surface area contributed by atoms with Gasteiger partial charge in [-0.15, -0.1) is 11.8 Å². The third-order valence-corrected chi connectivity index (χ3v) is 6.40. The Morgan fingerprint density at radius 3 is 2.27 bits per heavy atom. The fourth-order valence-corrected chi connectivity index (χ4v) is 4.74. The van der Waals surface area contributed by atoms with Crippen LogP contribution in [0, 0.1) is 6.92 Å². The fourth-order valence-electron chi connectivity index (χ4n) is 3.10. The van der Waals surface area contributed by atoms with Gasteiger partial charge >= 0.3 is 0 Å². The summed E-state index contributed by atoms with van der Waals surface area (Å²) < 4.78 is 0. The lowest BCUT2D eigenvalue weighted by atomic mass is 10.1. The average molecular weight is 467 g/mol. The van der Waals surface area contributed by atoms with Gasteiger partial charge in [-0.05, 0) is 43.5 Å². The fraction of sp³-hybridized carbons (Fsp3) is 0.391. The lowest BCUT2D eigenvalue weighted by molar-refractivity contribution is -0.139. The molecule has 0 fully saturated rings. The summed E-state index contributed by atoms with van der Waals surface area (Å²) in [6.45, 7) is 6.74. The normalized spacial score (nSPS) is 11.8. The van der Waals surface area contributed by atoms with Gasteiger partial charge in [0.2, 0.25) is 11.8 Å². The highest BCUT2D eigenvalue weighted by Crippen LogP contribution is 2.28. The smallest absolute Gasteiger partial charge is 0.242 e. The van der Waals surface area contributed by atoms with Crippen molar-refractivity contribution in [3.8, 4) is 0 Å². The van der Waals surface area contributed by atoms with E-state index in [0.717, 1.165) is 16.7 Å². The van der Waals surface area contributed by atoms with Gasteiger partial charge in [0, 0.05) is 28.9 Å². The molecule has 0 aliphatic rings. The molecule has 2 aromatic carbocycles. The van der Waals surface area contributed by atoms with Gasteiger partial charge in [-0.2, -0.15) is 0 Å². The summed E-state index contributed by atoms with van der Waals surface area (Å²) in [7, 11) is 0. The first-order valence-electron chi connectivity index (χ1n) is 10.0.